The highest BCUT2D eigenvalue weighted by molar-refractivity contribution is 9.13. The molecule has 0 aliphatic carbocycles. The molecule has 2 heterocycles. The number of benzene rings is 3. The van der Waals surface area contributed by atoms with E-state index in [9.17, 15) is 4.79 Å². The zero-order valence-electron chi connectivity index (χ0n) is 19.1. The van der Waals surface area contributed by atoms with E-state index in [2.05, 4.69) is 37.0 Å². The van der Waals surface area contributed by atoms with Gasteiger partial charge < -0.3 is 13.9 Å². The molecule has 0 radical (unpaired) electrons. The monoisotopic (exact) mass is 629 g/mol. The molecule has 0 aliphatic heterocycles. The minimum atomic E-state index is -0.334. The second kappa shape index (κ2) is 10.1. The predicted molar refractivity (Wildman–Crippen MR) is 149 cm³/mol. The molecule has 0 aliphatic rings. The lowest BCUT2D eigenvalue weighted by atomic mass is 10.2. The first-order valence-corrected chi connectivity index (χ1v) is 12.8. The predicted octanol–water partition coefficient (Wildman–Crippen LogP) is 7.28. The smallest absolute Gasteiger partial charge is 0.282 e. The first-order chi connectivity index (χ1) is 17.4. The standard InChI is InChI=1S/C26H18Br2ClN3O4/c1-3-35-20-12-15(22(27)23(28)24(20)34-2)13-30-32-25(31-18-7-5-4-6-17(18)26(32)33)21-11-14-10-16(29)8-9-19(14)36-21/h4-13H,3H2,1-2H3. The third-order valence-corrected chi connectivity index (χ3v) is 7.80. The van der Waals surface area contributed by atoms with E-state index in [4.69, 9.17) is 30.5 Å². The molecule has 0 saturated carbocycles. The highest BCUT2D eigenvalue weighted by Gasteiger charge is 2.18. The van der Waals surface area contributed by atoms with E-state index in [0.717, 1.165) is 5.39 Å². The number of rotatable bonds is 6. The van der Waals surface area contributed by atoms with Crippen molar-refractivity contribution in [1.82, 2.24) is 9.66 Å². The summed E-state index contributed by atoms with van der Waals surface area (Å²) in [5, 5.41) is 6.34. The molecule has 0 atom stereocenters. The number of halogens is 3. The number of fused-ring (bicyclic) bond motifs is 2. The molecule has 2 aromatic heterocycles. The van der Waals surface area contributed by atoms with E-state index in [-0.39, 0.29) is 11.4 Å². The van der Waals surface area contributed by atoms with Crippen molar-refractivity contribution in [3.63, 3.8) is 0 Å². The Morgan fingerprint density at radius 1 is 1.14 bits per heavy atom. The minimum Gasteiger partial charge on any atom is -0.492 e. The third-order valence-electron chi connectivity index (χ3n) is 5.42. The molecule has 5 rings (SSSR count). The molecule has 3 aromatic carbocycles. The van der Waals surface area contributed by atoms with Crippen LogP contribution in [-0.4, -0.2) is 29.6 Å². The maximum absolute atomic E-state index is 13.5. The van der Waals surface area contributed by atoms with Gasteiger partial charge >= 0.3 is 0 Å². The molecular formula is C26H18Br2ClN3O4. The molecule has 0 unspecified atom stereocenters. The van der Waals surface area contributed by atoms with Gasteiger partial charge in [-0.2, -0.15) is 9.78 Å². The van der Waals surface area contributed by atoms with Crippen LogP contribution in [-0.2, 0) is 0 Å². The number of furan rings is 1. The van der Waals surface area contributed by atoms with Crippen LogP contribution in [0.15, 0.2) is 77.9 Å². The van der Waals surface area contributed by atoms with Gasteiger partial charge in [-0.3, -0.25) is 4.79 Å². The lowest BCUT2D eigenvalue weighted by Gasteiger charge is -2.14. The Morgan fingerprint density at radius 2 is 1.94 bits per heavy atom. The quantitative estimate of drug-likeness (QED) is 0.184. The van der Waals surface area contributed by atoms with Gasteiger partial charge in [0.05, 0.1) is 35.3 Å². The van der Waals surface area contributed by atoms with Crippen LogP contribution in [0.1, 0.15) is 12.5 Å². The Labute approximate surface area is 227 Å². The Kier molecular flexibility index (Phi) is 6.87. The summed E-state index contributed by atoms with van der Waals surface area (Å²) < 4.78 is 19.8. The SMILES string of the molecule is CCOc1cc(C=Nn2c(-c3cc4cc(Cl)ccc4o3)nc3ccccc3c2=O)c(Br)c(Br)c1OC. The van der Waals surface area contributed by atoms with Crippen molar-refractivity contribution in [2.24, 2.45) is 5.10 Å². The normalized spacial score (nSPS) is 11.6. The van der Waals surface area contributed by atoms with Crippen LogP contribution in [0.25, 0.3) is 33.5 Å². The largest absolute Gasteiger partial charge is 0.492 e. The van der Waals surface area contributed by atoms with E-state index >= 15 is 0 Å². The summed E-state index contributed by atoms with van der Waals surface area (Å²) in [7, 11) is 1.57. The van der Waals surface area contributed by atoms with E-state index in [1.165, 1.54) is 4.68 Å². The van der Waals surface area contributed by atoms with E-state index in [0.29, 0.717) is 59.9 Å². The average molecular weight is 632 g/mol. The molecular weight excluding hydrogens is 614 g/mol. The van der Waals surface area contributed by atoms with E-state index in [1.807, 2.05) is 13.0 Å². The van der Waals surface area contributed by atoms with Gasteiger partial charge in [0, 0.05) is 20.4 Å². The molecule has 5 aromatic rings. The minimum absolute atomic E-state index is 0.260. The molecule has 0 N–H and O–H groups in total. The summed E-state index contributed by atoms with van der Waals surface area (Å²) in [5.74, 6) is 1.73. The molecule has 0 spiro atoms. The number of methoxy groups -OCH3 is 1. The topological polar surface area (TPSA) is 78.9 Å². The molecule has 0 fully saturated rings. The fraction of sp³-hybridized carbons (Fsp3) is 0.115. The van der Waals surface area contributed by atoms with Crippen molar-refractivity contribution in [3.05, 3.63) is 84.5 Å². The highest BCUT2D eigenvalue weighted by Crippen LogP contribution is 2.42. The van der Waals surface area contributed by atoms with Gasteiger partial charge in [0.1, 0.15) is 5.58 Å². The van der Waals surface area contributed by atoms with Gasteiger partial charge in [-0.05, 0) is 81.2 Å². The maximum atomic E-state index is 13.5. The number of ether oxygens (including phenoxy) is 2. The molecule has 10 heteroatoms. The van der Waals surface area contributed by atoms with Crippen molar-refractivity contribution in [3.8, 4) is 23.1 Å². The first-order valence-electron chi connectivity index (χ1n) is 10.9. The lowest BCUT2D eigenvalue weighted by molar-refractivity contribution is 0.309. The summed E-state index contributed by atoms with van der Waals surface area (Å²) in [4.78, 5) is 18.2. The Bertz CT molecular complexity index is 1710. The van der Waals surface area contributed by atoms with Crippen LogP contribution in [0.2, 0.25) is 5.02 Å². The molecule has 0 bridgehead atoms. The van der Waals surface area contributed by atoms with Crippen molar-refractivity contribution in [2.45, 2.75) is 6.92 Å². The van der Waals surface area contributed by atoms with Gasteiger partial charge in [0.2, 0.25) is 5.82 Å². The number of para-hydroxylation sites is 1. The summed E-state index contributed by atoms with van der Waals surface area (Å²) in [6, 6.07) is 16.0. The average Bonchev–Trinajstić information content (AvgIpc) is 3.29. The van der Waals surface area contributed by atoms with Gasteiger partial charge in [-0.15, -0.1) is 0 Å². The number of hydrogen-bond donors (Lipinski definition) is 0. The van der Waals surface area contributed by atoms with Crippen LogP contribution in [0.4, 0.5) is 0 Å². The first kappa shape index (κ1) is 24.5. The van der Waals surface area contributed by atoms with Crippen LogP contribution >= 0.6 is 43.5 Å². The molecule has 182 valence electrons. The van der Waals surface area contributed by atoms with Gasteiger partial charge in [0.25, 0.3) is 5.56 Å². The Balaban J connectivity index is 1.72. The Hall–Kier alpha value is -3.14. The molecule has 0 amide bonds. The second-order valence-electron chi connectivity index (χ2n) is 7.67. The second-order valence-corrected chi connectivity index (χ2v) is 9.69. The third kappa shape index (κ3) is 4.42. The van der Waals surface area contributed by atoms with E-state index in [1.54, 1.807) is 61.9 Å². The van der Waals surface area contributed by atoms with Crippen molar-refractivity contribution >= 4 is 71.5 Å². The van der Waals surface area contributed by atoms with Crippen molar-refractivity contribution in [1.29, 1.82) is 0 Å². The molecule has 7 nitrogen and oxygen atoms in total. The van der Waals surface area contributed by atoms with Crippen LogP contribution in [0.5, 0.6) is 11.5 Å². The van der Waals surface area contributed by atoms with Gasteiger partial charge in [0.15, 0.2) is 17.3 Å². The maximum Gasteiger partial charge on any atom is 0.282 e. The van der Waals surface area contributed by atoms with Crippen LogP contribution in [0, 0.1) is 0 Å². The van der Waals surface area contributed by atoms with Gasteiger partial charge in [-0.1, -0.05) is 23.7 Å². The Morgan fingerprint density at radius 3 is 2.72 bits per heavy atom. The van der Waals surface area contributed by atoms with E-state index < -0.39 is 0 Å². The van der Waals surface area contributed by atoms with Crippen molar-refractivity contribution < 1.29 is 13.9 Å². The van der Waals surface area contributed by atoms with Crippen LogP contribution < -0.4 is 15.0 Å². The highest BCUT2D eigenvalue weighted by atomic mass is 79.9. The number of nitrogens with zero attached hydrogens (tertiary/aromatic N) is 3. The summed E-state index contributed by atoms with van der Waals surface area (Å²) in [5.41, 5.74) is 1.48. The van der Waals surface area contributed by atoms with Crippen molar-refractivity contribution in [2.75, 3.05) is 13.7 Å². The summed E-state index contributed by atoms with van der Waals surface area (Å²) in [6.45, 7) is 2.34. The van der Waals surface area contributed by atoms with Crippen LogP contribution in [0.3, 0.4) is 0 Å². The van der Waals surface area contributed by atoms with Gasteiger partial charge in [-0.25, -0.2) is 4.98 Å². The fourth-order valence-electron chi connectivity index (χ4n) is 3.79. The number of aromatic nitrogens is 2. The zero-order valence-corrected chi connectivity index (χ0v) is 23.0. The lowest BCUT2D eigenvalue weighted by Crippen LogP contribution is -2.20. The molecule has 36 heavy (non-hydrogen) atoms. The summed E-state index contributed by atoms with van der Waals surface area (Å²) in [6.07, 6.45) is 1.55. The fourth-order valence-corrected chi connectivity index (χ4v) is 4.95. The zero-order chi connectivity index (χ0) is 25.4. The number of hydrogen-bond acceptors (Lipinski definition) is 6. The molecule has 0 saturated heterocycles. The summed E-state index contributed by atoms with van der Waals surface area (Å²) >= 11 is 13.3.